The van der Waals surface area contributed by atoms with Gasteiger partial charge in [-0.1, -0.05) is 29.8 Å². The number of carbonyl (C=O) groups is 2. The summed E-state index contributed by atoms with van der Waals surface area (Å²) >= 11 is 0. The number of hydrogen-bond acceptors (Lipinski definition) is 7. The fourth-order valence-electron chi connectivity index (χ4n) is 13.7. The van der Waals surface area contributed by atoms with Crippen molar-refractivity contribution in [2.24, 2.45) is 22.7 Å². The number of aryl methyl sites for hydroxylation is 1. The summed E-state index contributed by atoms with van der Waals surface area (Å²) in [5.41, 5.74) is 11.7. The largest absolute Gasteiger partial charge is 0.508 e. The van der Waals surface area contributed by atoms with Gasteiger partial charge >= 0.3 is 0 Å². The fourth-order valence-corrected chi connectivity index (χ4v) is 13.7. The van der Waals surface area contributed by atoms with E-state index in [9.17, 15) is 24.3 Å². The zero-order valence-electron chi connectivity index (χ0n) is 35.5. The molecule has 9 nitrogen and oxygen atoms in total. The number of phenolic OH excluding ortho intramolecular Hbond substituents is 1. The number of carbonyl (C=O) groups excluding carboxylic acids is 2. The quantitative estimate of drug-likeness (QED) is 0.189. The number of pyridine rings is 2. The molecule has 4 aromatic rings. The van der Waals surface area contributed by atoms with Crippen LogP contribution in [-0.4, -0.2) is 75.7 Å². The molecule has 0 amide bonds. The molecular formula is C51H58N4O5. The number of nitrogens with one attached hydrogen (secondary N) is 2. The molecule has 60 heavy (non-hydrogen) atoms. The van der Waals surface area contributed by atoms with Crippen LogP contribution in [0.1, 0.15) is 123 Å². The second kappa shape index (κ2) is 13.4. The Morgan fingerprint density at radius 1 is 0.633 bits per heavy atom. The van der Waals surface area contributed by atoms with Gasteiger partial charge in [0.05, 0.1) is 11.1 Å². The highest BCUT2D eigenvalue weighted by Crippen LogP contribution is 2.63. The molecule has 4 heterocycles. The molecule has 2 saturated carbocycles. The highest BCUT2D eigenvalue weighted by atomic mass is 16.3. The standard InChI is InChI=1S/C26H30N2O2.C25H28N2O3/c1-16-3-6-19-11-25-12-20-10-21(17(2)29)24(30)27-23(20)13-26(25,22(19)9-16)7-8-28(15-25)14-18-4-5-18;1-15(28)20-8-18-11-24-10-17-4-5-19(29)9-21(17)25(24,12-22(18)26-23(20)30)6-7-27(14-24)13-16-2-3-16/h3,6,9-10,18H,4-5,7-8,11-15H2,1-2H3,(H,27,30);4-5,8-9,16,29H,2-3,6-7,10-14H2,1H3,(H,26,30)/t25?,26-;24?,25-/m11/s1. The first kappa shape index (κ1) is 38.3. The number of aromatic nitrogens is 2. The summed E-state index contributed by atoms with van der Waals surface area (Å²) in [7, 11) is 0. The van der Waals surface area contributed by atoms with Gasteiger partial charge in [-0.15, -0.1) is 0 Å². The minimum Gasteiger partial charge on any atom is -0.508 e. The number of aromatic amines is 2. The first-order valence-electron chi connectivity index (χ1n) is 22.7. The number of phenols is 1. The highest BCUT2D eigenvalue weighted by molar-refractivity contribution is 5.94. The Balaban J connectivity index is 0.000000136. The molecule has 4 atom stereocenters. The van der Waals surface area contributed by atoms with Crippen molar-refractivity contribution in [2.75, 3.05) is 39.3 Å². The van der Waals surface area contributed by atoms with Gasteiger partial charge in [0, 0.05) is 59.2 Å². The van der Waals surface area contributed by atoms with Gasteiger partial charge in [0.2, 0.25) is 0 Å². The van der Waals surface area contributed by atoms with E-state index in [1.807, 2.05) is 18.2 Å². The van der Waals surface area contributed by atoms with E-state index in [1.54, 1.807) is 6.07 Å². The number of fused-ring (bicyclic) bond motifs is 4. The SMILES string of the molecule is CC(=O)c1cc2c([nH]c1=O)C[C@@]13CCN(CC4CC4)CC1(Cc1ccc(C)cc13)C2.CC(=O)c1cc2c([nH]c1=O)C[C@@]13CCN(CC4CC4)CC1(Cc1ccc(O)cc13)C2. The molecule has 12 rings (SSSR count). The van der Waals surface area contributed by atoms with Crippen LogP contribution in [0.2, 0.25) is 0 Å². The molecule has 2 saturated heterocycles. The second-order valence-electron chi connectivity index (χ2n) is 20.8. The Kier molecular flexibility index (Phi) is 8.59. The molecule has 9 heteroatoms. The smallest absolute Gasteiger partial charge is 0.259 e. The lowest BCUT2D eigenvalue weighted by atomic mass is 9.52. The Bertz CT molecular complexity index is 2440. The molecule has 3 N–H and O–H groups in total. The third kappa shape index (κ3) is 5.92. The van der Waals surface area contributed by atoms with Crippen molar-refractivity contribution in [3.05, 3.63) is 131 Å². The van der Waals surface area contributed by atoms with Crippen LogP contribution in [0.4, 0.5) is 0 Å². The summed E-state index contributed by atoms with van der Waals surface area (Å²) in [6.07, 6.45) is 13.3. The lowest BCUT2D eigenvalue weighted by Crippen LogP contribution is -2.60. The molecule has 0 spiro atoms. The minimum absolute atomic E-state index is 0.0512. The maximum absolute atomic E-state index is 12.6. The van der Waals surface area contributed by atoms with E-state index >= 15 is 0 Å². The number of benzene rings is 2. The van der Waals surface area contributed by atoms with Crippen molar-refractivity contribution in [1.82, 2.24) is 19.8 Å². The summed E-state index contributed by atoms with van der Waals surface area (Å²) in [4.78, 5) is 60.7. The second-order valence-corrected chi connectivity index (χ2v) is 20.8. The van der Waals surface area contributed by atoms with Gasteiger partial charge in [0.15, 0.2) is 11.6 Å². The Labute approximate surface area is 352 Å². The topological polar surface area (TPSA) is 127 Å². The molecule has 312 valence electrons. The van der Waals surface area contributed by atoms with E-state index in [0.717, 1.165) is 106 Å². The fraction of sp³-hybridized carbons (Fsp3) is 0.529. The number of piperidine rings is 2. The summed E-state index contributed by atoms with van der Waals surface area (Å²) < 4.78 is 0. The lowest BCUT2D eigenvalue weighted by molar-refractivity contribution is 0.00114. The highest BCUT2D eigenvalue weighted by Gasteiger charge is 2.63. The van der Waals surface area contributed by atoms with Gasteiger partial charge in [-0.25, -0.2) is 0 Å². The van der Waals surface area contributed by atoms with Gasteiger partial charge in [-0.3, -0.25) is 19.2 Å². The van der Waals surface area contributed by atoms with Crippen molar-refractivity contribution in [2.45, 2.75) is 109 Å². The van der Waals surface area contributed by atoms with Crippen LogP contribution in [0.3, 0.4) is 0 Å². The summed E-state index contributed by atoms with van der Waals surface area (Å²) in [5.74, 6) is 1.77. The first-order chi connectivity index (χ1) is 28.8. The Hall–Kier alpha value is -4.60. The van der Waals surface area contributed by atoms with Gasteiger partial charge in [0.25, 0.3) is 11.1 Å². The third-order valence-electron chi connectivity index (χ3n) is 16.9. The van der Waals surface area contributed by atoms with Crippen molar-refractivity contribution in [3.63, 3.8) is 0 Å². The van der Waals surface area contributed by atoms with Crippen LogP contribution in [0.5, 0.6) is 5.75 Å². The molecule has 2 aromatic heterocycles. The molecule has 2 aromatic carbocycles. The van der Waals surface area contributed by atoms with Gasteiger partial charge in [-0.2, -0.15) is 0 Å². The van der Waals surface area contributed by atoms with Crippen molar-refractivity contribution < 1.29 is 14.7 Å². The number of likely N-dealkylation sites (tertiary alicyclic amines) is 2. The van der Waals surface area contributed by atoms with E-state index in [1.165, 1.54) is 86.0 Å². The minimum atomic E-state index is -0.273. The maximum Gasteiger partial charge on any atom is 0.259 e. The number of ketones is 2. The summed E-state index contributed by atoms with van der Waals surface area (Å²) in [5, 5.41) is 10.3. The molecule has 2 unspecified atom stereocenters. The molecule has 6 aliphatic carbocycles. The van der Waals surface area contributed by atoms with Gasteiger partial charge in [-0.05, 0) is 180 Å². The van der Waals surface area contributed by atoms with E-state index in [-0.39, 0.29) is 49.9 Å². The lowest BCUT2D eigenvalue weighted by Gasteiger charge is -2.56. The Morgan fingerprint density at radius 3 is 1.55 bits per heavy atom. The molecule has 8 aliphatic rings. The average Bonchev–Trinajstić information content (AvgIpc) is 4.15. The van der Waals surface area contributed by atoms with Crippen molar-refractivity contribution in [3.8, 4) is 5.75 Å². The third-order valence-corrected chi connectivity index (χ3v) is 16.9. The van der Waals surface area contributed by atoms with E-state index in [2.05, 4.69) is 51.0 Å². The number of hydrogen-bond donors (Lipinski definition) is 3. The zero-order valence-corrected chi connectivity index (χ0v) is 35.5. The van der Waals surface area contributed by atoms with Crippen LogP contribution in [0, 0.1) is 29.6 Å². The van der Waals surface area contributed by atoms with Gasteiger partial charge < -0.3 is 24.9 Å². The first-order valence-corrected chi connectivity index (χ1v) is 22.7. The average molecular weight is 807 g/mol. The maximum atomic E-state index is 12.6. The van der Waals surface area contributed by atoms with Crippen LogP contribution in [0.15, 0.2) is 58.1 Å². The molecule has 2 aliphatic heterocycles. The normalized spacial score (nSPS) is 29.6. The zero-order chi connectivity index (χ0) is 41.3. The van der Waals surface area contributed by atoms with E-state index < -0.39 is 0 Å². The van der Waals surface area contributed by atoms with Crippen LogP contribution >= 0.6 is 0 Å². The summed E-state index contributed by atoms with van der Waals surface area (Å²) in [6.45, 7) is 12.0. The van der Waals surface area contributed by atoms with E-state index in [0.29, 0.717) is 11.3 Å². The van der Waals surface area contributed by atoms with E-state index in [4.69, 9.17) is 0 Å². The molecule has 4 fully saturated rings. The predicted octanol–water partition coefficient (Wildman–Crippen LogP) is 6.56. The number of rotatable bonds is 6. The molecular weight excluding hydrogens is 749 g/mol. The number of aromatic hydroxyl groups is 1. The monoisotopic (exact) mass is 806 g/mol. The van der Waals surface area contributed by atoms with Crippen LogP contribution in [-0.2, 0) is 49.4 Å². The van der Waals surface area contributed by atoms with Crippen molar-refractivity contribution in [1.29, 1.82) is 0 Å². The van der Waals surface area contributed by atoms with Crippen LogP contribution < -0.4 is 11.1 Å². The van der Waals surface area contributed by atoms with Crippen LogP contribution in [0.25, 0.3) is 0 Å². The Morgan fingerprint density at radius 2 is 1.08 bits per heavy atom. The number of Topliss-reactive ketones (excluding diaryl/α,β-unsaturated/α-hetero) is 2. The molecule has 0 bridgehead atoms. The number of nitrogens with zero attached hydrogens (tertiary/aromatic N) is 2. The molecule has 0 radical (unpaired) electrons. The number of H-pyrrole nitrogens is 2. The van der Waals surface area contributed by atoms with Crippen molar-refractivity contribution >= 4 is 11.6 Å². The summed E-state index contributed by atoms with van der Waals surface area (Å²) in [6, 6.07) is 16.6. The van der Waals surface area contributed by atoms with Gasteiger partial charge in [0.1, 0.15) is 5.75 Å². The predicted molar refractivity (Wildman–Crippen MR) is 231 cm³/mol.